The van der Waals surface area contributed by atoms with E-state index < -0.39 is 0 Å². The van der Waals surface area contributed by atoms with Gasteiger partial charge in [0, 0.05) is 12.6 Å². The van der Waals surface area contributed by atoms with E-state index in [1.165, 1.54) is 0 Å². The normalized spacial score (nSPS) is 14.0. The third-order valence-corrected chi connectivity index (χ3v) is 3.08. The molecule has 1 aromatic rings. The summed E-state index contributed by atoms with van der Waals surface area (Å²) in [5, 5.41) is 3.42. The van der Waals surface area contributed by atoms with E-state index in [-0.39, 0.29) is 5.60 Å². The van der Waals surface area contributed by atoms with E-state index >= 15 is 0 Å². The minimum absolute atomic E-state index is 0.179. The molecule has 18 heavy (non-hydrogen) atoms. The maximum absolute atomic E-state index is 6.10. The van der Waals surface area contributed by atoms with Gasteiger partial charge >= 0.3 is 0 Å². The highest BCUT2D eigenvalue weighted by Gasteiger charge is 2.23. The maximum atomic E-state index is 6.10. The molecule has 0 aliphatic carbocycles. The lowest BCUT2D eigenvalue weighted by atomic mass is 10.0. The zero-order chi connectivity index (χ0) is 13.4. The van der Waals surface area contributed by atoms with E-state index in [9.17, 15) is 0 Å². The van der Waals surface area contributed by atoms with Crippen LogP contribution in [0.15, 0.2) is 24.3 Å². The van der Waals surface area contributed by atoms with Crippen LogP contribution in [0.4, 0.5) is 0 Å². The summed E-state index contributed by atoms with van der Waals surface area (Å²) < 4.78 is 11.3. The number of hydrogen-bond acceptors (Lipinski definition) is 3. The molecular weight excluding hydrogens is 226 g/mol. The van der Waals surface area contributed by atoms with E-state index in [1.807, 2.05) is 24.3 Å². The van der Waals surface area contributed by atoms with Crippen LogP contribution in [0.1, 0.15) is 33.6 Å². The molecule has 1 rings (SSSR count). The van der Waals surface area contributed by atoms with Crippen LogP contribution >= 0.6 is 0 Å². The Kier molecular flexibility index (Phi) is 5.99. The standard InChI is InChI=1S/C15H25NO2/c1-5-10-16-12-15(3,6-2)18-14-9-7-8-13(11-14)17-4/h7-9,11,16H,5-6,10,12H2,1-4H3. The minimum atomic E-state index is -0.179. The molecule has 1 N–H and O–H groups in total. The fraction of sp³-hybridized carbons (Fsp3) is 0.600. The van der Waals surface area contributed by atoms with Gasteiger partial charge < -0.3 is 14.8 Å². The van der Waals surface area contributed by atoms with Crippen molar-refractivity contribution < 1.29 is 9.47 Å². The fourth-order valence-corrected chi connectivity index (χ4v) is 1.71. The molecule has 0 aliphatic heterocycles. The van der Waals surface area contributed by atoms with Crippen LogP contribution in [0.2, 0.25) is 0 Å². The highest BCUT2D eigenvalue weighted by Crippen LogP contribution is 2.24. The average molecular weight is 251 g/mol. The van der Waals surface area contributed by atoms with E-state index in [1.54, 1.807) is 7.11 Å². The number of ether oxygens (including phenoxy) is 2. The Hall–Kier alpha value is -1.22. The third kappa shape index (κ3) is 4.57. The van der Waals surface area contributed by atoms with Gasteiger partial charge in [-0.25, -0.2) is 0 Å². The second-order valence-electron chi connectivity index (χ2n) is 4.76. The zero-order valence-corrected chi connectivity index (χ0v) is 12.0. The topological polar surface area (TPSA) is 30.5 Å². The summed E-state index contributed by atoms with van der Waals surface area (Å²) in [5.41, 5.74) is -0.179. The van der Waals surface area contributed by atoms with Crippen molar-refractivity contribution >= 4 is 0 Å². The van der Waals surface area contributed by atoms with Crippen molar-refractivity contribution in [1.82, 2.24) is 5.32 Å². The Morgan fingerprint density at radius 1 is 1.22 bits per heavy atom. The smallest absolute Gasteiger partial charge is 0.123 e. The van der Waals surface area contributed by atoms with Crippen LogP contribution in [0, 0.1) is 0 Å². The molecule has 0 bridgehead atoms. The third-order valence-electron chi connectivity index (χ3n) is 3.08. The predicted octanol–water partition coefficient (Wildman–Crippen LogP) is 3.24. The van der Waals surface area contributed by atoms with Crippen molar-refractivity contribution in [2.45, 2.75) is 39.2 Å². The Labute approximate surface area is 110 Å². The van der Waals surface area contributed by atoms with Crippen molar-refractivity contribution in [3.63, 3.8) is 0 Å². The molecule has 102 valence electrons. The van der Waals surface area contributed by atoms with Gasteiger partial charge in [0.05, 0.1) is 7.11 Å². The van der Waals surface area contributed by atoms with Crippen molar-refractivity contribution in [3.8, 4) is 11.5 Å². The monoisotopic (exact) mass is 251 g/mol. The van der Waals surface area contributed by atoms with Gasteiger partial charge in [0.15, 0.2) is 0 Å². The van der Waals surface area contributed by atoms with E-state index in [2.05, 4.69) is 26.1 Å². The van der Waals surface area contributed by atoms with Crippen LogP contribution < -0.4 is 14.8 Å². The fourth-order valence-electron chi connectivity index (χ4n) is 1.71. The van der Waals surface area contributed by atoms with E-state index in [4.69, 9.17) is 9.47 Å². The molecule has 3 heteroatoms. The molecule has 0 amide bonds. The Morgan fingerprint density at radius 3 is 2.56 bits per heavy atom. The van der Waals surface area contributed by atoms with Gasteiger partial charge in [-0.05, 0) is 38.4 Å². The summed E-state index contributed by atoms with van der Waals surface area (Å²) in [4.78, 5) is 0. The number of nitrogens with one attached hydrogen (secondary N) is 1. The summed E-state index contributed by atoms with van der Waals surface area (Å²) in [7, 11) is 1.67. The molecule has 3 nitrogen and oxygen atoms in total. The Balaban J connectivity index is 2.65. The number of methoxy groups -OCH3 is 1. The van der Waals surface area contributed by atoms with Crippen molar-refractivity contribution in [1.29, 1.82) is 0 Å². The second-order valence-corrected chi connectivity index (χ2v) is 4.76. The highest BCUT2D eigenvalue weighted by molar-refractivity contribution is 5.33. The molecule has 1 unspecified atom stereocenters. The summed E-state index contributed by atoms with van der Waals surface area (Å²) in [5.74, 6) is 1.68. The first-order chi connectivity index (χ1) is 8.63. The maximum Gasteiger partial charge on any atom is 0.123 e. The van der Waals surface area contributed by atoms with Gasteiger partial charge in [0.1, 0.15) is 17.1 Å². The summed E-state index contributed by atoms with van der Waals surface area (Å²) in [6.07, 6.45) is 2.10. The van der Waals surface area contributed by atoms with Gasteiger partial charge in [0.25, 0.3) is 0 Å². The van der Waals surface area contributed by atoms with Gasteiger partial charge in [-0.3, -0.25) is 0 Å². The van der Waals surface area contributed by atoms with Crippen molar-refractivity contribution in [2.24, 2.45) is 0 Å². The van der Waals surface area contributed by atoms with Crippen LogP contribution in [0.3, 0.4) is 0 Å². The Bertz CT molecular complexity index is 354. The van der Waals surface area contributed by atoms with Crippen LogP contribution in [0.5, 0.6) is 11.5 Å². The van der Waals surface area contributed by atoms with E-state index in [0.717, 1.165) is 37.4 Å². The first-order valence-electron chi connectivity index (χ1n) is 6.67. The van der Waals surface area contributed by atoms with Crippen LogP contribution in [-0.4, -0.2) is 25.8 Å². The van der Waals surface area contributed by atoms with Crippen LogP contribution in [-0.2, 0) is 0 Å². The molecule has 1 aromatic carbocycles. The zero-order valence-electron chi connectivity index (χ0n) is 12.0. The van der Waals surface area contributed by atoms with Gasteiger partial charge in [-0.1, -0.05) is 19.9 Å². The Morgan fingerprint density at radius 2 is 1.94 bits per heavy atom. The van der Waals surface area contributed by atoms with Crippen LogP contribution in [0.25, 0.3) is 0 Å². The second kappa shape index (κ2) is 7.27. The van der Waals surface area contributed by atoms with Gasteiger partial charge in [-0.15, -0.1) is 0 Å². The molecule has 0 heterocycles. The highest BCUT2D eigenvalue weighted by atomic mass is 16.5. The SMILES string of the molecule is CCCNCC(C)(CC)Oc1cccc(OC)c1. The average Bonchev–Trinajstić information content (AvgIpc) is 2.39. The lowest BCUT2D eigenvalue weighted by Crippen LogP contribution is -2.42. The number of rotatable bonds is 8. The van der Waals surface area contributed by atoms with E-state index in [0.29, 0.717) is 0 Å². The van der Waals surface area contributed by atoms with Gasteiger partial charge in [0.2, 0.25) is 0 Å². The molecule has 0 spiro atoms. The number of hydrogen-bond donors (Lipinski definition) is 1. The quantitative estimate of drug-likeness (QED) is 0.719. The first kappa shape index (κ1) is 14.8. The van der Waals surface area contributed by atoms with Gasteiger partial charge in [-0.2, -0.15) is 0 Å². The van der Waals surface area contributed by atoms with Crippen molar-refractivity contribution in [3.05, 3.63) is 24.3 Å². The largest absolute Gasteiger partial charge is 0.497 e. The molecule has 0 aromatic heterocycles. The minimum Gasteiger partial charge on any atom is -0.497 e. The molecule has 0 saturated carbocycles. The lowest BCUT2D eigenvalue weighted by molar-refractivity contribution is 0.0835. The summed E-state index contributed by atoms with van der Waals surface area (Å²) >= 11 is 0. The van der Waals surface area contributed by atoms with Crippen molar-refractivity contribution in [2.75, 3.05) is 20.2 Å². The predicted molar refractivity (Wildman–Crippen MR) is 75.5 cm³/mol. The molecule has 0 saturated heterocycles. The number of benzene rings is 1. The lowest BCUT2D eigenvalue weighted by Gasteiger charge is -2.30. The molecular formula is C15H25NO2. The summed E-state index contributed by atoms with van der Waals surface area (Å²) in [6, 6.07) is 7.76. The molecule has 1 atom stereocenters. The molecule has 0 radical (unpaired) electrons. The first-order valence-corrected chi connectivity index (χ1v) is 6.67. The molecule has 0 aliphatic rings. The molecule has 0 fully saturated rings. The summed E-state index contributed by atoms with van der Waals surface area (Å²) in [6.45, 7) is 8.33.